The van der Waals surface area contributed by atoms with E-state index >= 15 is 0 Å². The van der Waals surface area contributed by atoms with Crippen LogP contribution in [0.2, 0.25) is 5.02 Å². The van der Waals surface area contributed by atoms with Gasteiger partial charge in [0.05, 0.1) is 28.4 Å². The predicted octanol–water partition coefficient (Wildman–Crippen LogP) is 3.89. The second-order valence-corrected chi connectivity index (χ2v) is 6.21. The number of nitriles is 1. The van der Waals surface area contributed by atoms with Gasteiger partial charge in [-0.15, -0.1) is 0 Å². The van der Waals surface area contributed by atoms with E-state index in [0.29, 0.717) is 21.9 Å². The van der Waals surface area contributed by atoms with Gasteiger partial charge in [0.1, 0.15) is 0 Å². The fourth-order valence-corrected chi connectivity index (χ4v) is 3.26. The Labute approximate surface area is 116 Å². The summed E-state index contributed by atoms with van der Waals surface area (Å²) in [4.78, 5) is 4.56. The molecule has 0 amide bonds. The molecule has 0 bridgehead atoms. The van der Waals surface area contributed by atoms with Crippen LogP contribution < -0.4 is 5.32 Å². The standard InChI is InChI=1S/C13H14ClN3S/c1-8-5-9(2)18-13(16-8)17-12-4-3-10(7-15)6-11(12)14/h3-4,6,8-9H,5H2,1-2H3,(H,16,17). The third kappa shape index (κ3) is 3.18. The Kier molecular flexibility index (Phi) is 4.15. The molecular formula is C13H14ClN3S. The fraction of sp³-hybridized carbons (Fsp3) is 0.385. The molecule has 1 N–H and O–H groups in total. The molecule has 0 fully saturated rings. The van der Waals surface area contributed by atoms with Gasteiger partial charge in [0.15, 0.2) is 5.17 Å². The molecule has 18 heavy (non-hydrogen) atoms. The molecule has 3 nitrogen and oxygen atoms in total. The van der Waals surface area contributed by atoms with Crippen molar-refractivity contribution in [2.45, 2.75) is 31.6 Å². The smallest absolute Gasteiger partial charge is 0.161 e. The molecule has 94 valence electrons. The van der Waals surface area contributed by atoms with Gasteiger partial charge in [-0.05, 0) is 31.5 Å². The van der Waals surface area contributed by atoms with Gasteiger partial charge in [-0.2, -0.15) is 5.26 Å². The fourth-order valence-electron chi connectivity index (χ4n) is 1.87. The number of anilines is 1. The van der Waals surface area contributed by atoms with Gasteiger partial charge in [0.2, 0.25) is 0 Å². The van der Waals surface area contributed by atoms with E-state index in [4.69, 9.17) is 16.9 Å². The topological polar surface area (TPSA) is 48.2 Å². The summed E-state index contributed by atoms with van der Waals surface area (Å²) in [5.74, 6) is 0. The molecule has 1 aliphatic heterocycles. The van der Waals surface area contributed by atoms with Crippen molar-refractivity contribution in [1.82, 2.24) is 0 Å². The van der Waals surface area contributed by atoms with Gasteiger partial charge in [-0.25, -0.2) is 0 Å². The minimum atomic E-state index is 0.334. The molecule has 1 aliphatic rings. The number of hydrogen-bond acceptors (Lipinski definition) is 4. The third-order valence-corrected chi connectivity index (χ3v) is 4.00. The molecule has 2 rings (SSSR count). The number of hydrogen-bond donors (Lipinski definition) is 1. The molecule has 0 radical (unpaired) electrons. The molecule has 0 saturated heterocycles. The van der Waals surface area contributed by atoms with E-state index in [9.17, 15) is 0 Å². The normalized spacial score (nSPS) is 23.1. The van der Waals surface area contributed by atoms with Crippen molar-refractivity contribution >= 4 is 34.2 Å². The lowest BCUT2D eigenvalue weighted by molar-refractivity contribution is 0.661. The second-order valence-electron chi connectivity index (χ2n) is 4.38. The Morgan fingerprint density at radius 1 is 1.50 bits per heavy atom. The average molecular weight is 280 g/mol. The number of halogens is 1. The molecule has 1 aromatic carbocycles. The van der Waals surface area contributed by atoms with E-state index in [0.717, 1.165) is 17.3 Å². The van der Waals surface area contributed by atoms with E-state index in [1.54, 1.807) is 23.9 Å². The maximum absolute atomic E-state index is 8.79. The van der Waals surface area contributed by atoms with E-state index in [1.165, 1.54) is 0 Å². The second kappa shape index (κ2) is 5.64. The Bertz CT molecular complexity index is 521. The Morgan fingerprint density at radius 2 is 2.28 bits per heavy atom. The minimum Gasteiger partial charge on any atom is -0.334 e. The average Bonchev–Trinajstić information content (AvgIpc) is 2.30. The highest BCUT2D eigenvalue weighted by Crippen LogP contribution is 2.29. The summed E-state index contributed by atoms with van der Waals surface area (Å²) in [5.41, 5.74) is 1.36. The van der Waals surface area contributed by atoms with Gasteiger partial charge < -0.3 is 5.32 Å². The van der Waals surface area contributed by atoms with Crippen LogP contribution in [0.1, 0.15) is 25.8 Å². The first-order valence-electron chi connectivity index (χ1n) is 5.79. The van der Waals surface area contributed by atoms with Gasteiger partial charge in [-0.3, -0.25) is 4.99 Å². The first kappa shape index (κ1) is 13.3. The van der Waals surface area contributed by atoms with Crippen LogP contribution in [-0.4, -0.2) is 16.5 Å². The van der Waals surface area contributed by atoms with Crippen molar-refractivity contribution in [3.05, 3.63) is 28.8 Å². The Balaban J connectivity index is 2.17. The Morgan fingerprint density at radius 3 is 2.89 bits per heavy atom. The zero-order chi connectivity index (χ0) is 13.1. The highest BCUT2D eigenvalue weighted by Gasteiger charge is 2.18. The van der Waals surface area contributed by atoms with Crippen molar-refractivity contribution < 1.29 is 0 Å². The quantitative estimate of drug-likeness (QED) is 0.848. The highest BCUT2D eigenvalue weighted by atomic mass is 35.5. The molecule has 5 heteroatoms. The molecular weight excluding hydrogens is 266 g/mol. The van der Waals surface area contributed by atoms with Crippen molar-refractivity contribution in [2.24, 2.45) is 4.99 Å². The van der Waals surface area contributed by atoms with E-state index in [1.807, 2.05) is 6.07 Å². The summed E-state index contributed by atoms with van der Waals surface area (Å²) in [7, 11) is 0. The van der Waals surface area contributed by atoms with Crippen LogP contribution in [-0.2, 0) is 0 Å². The van der Waals surface area contributed by atoms with Crippen molar-refractivity contribution in [3.8, 4) is 6.07 Å². The van der Waals surface area contributed by atoms with Gasteiger partial charge in [0, 0.05) is 5.25 Å². The SMILES string of the molecule is CC1CC(C)SC(Nc2ccc(C#N)cc2Cl)=N1. The summed E-state index contributed by atoms with van der Waals surface area (Å²) in [5, 5.41) is 14.0. The minimum absolute atomic E-state index is 0.334. The summed E-state index contributed by atoms with van der Waals surface area (Å²) < 4.78 is 0. The number of rotatable bonds is 1. The van der Waals surface area contributed by atoms with Crippen molar-refractivity contribution in [3.63, 3.8) is 0 Å². The summed E-state index contributed by atoms with van der Waals surface area (Å²) in [6, 6.07) is 7.62. The Hall–Kier alpha value is -1.18. The molecule has 1 heterocycles. The predicted molar refractivity (Wildman–Crippen MR) is 78.4 cm³/mol. The monoisotopic (exact) mass is 279 g/mol. The van der Waals surface area contributed by atoms with Crippen LogP contribution in [0.25, 0.3) is 0 Å². The molecule has 2 atom stereocenters. The molecule has 1 aromatic rings. The van der Waals surface area contributed by atoms with Crippen LogP contribution in [0.3, 0.4) is 0 Å². The number of benzene rings is 1. The lowest BCUT2D eigenvalue weighted by atomic mass is 10.2. The molecule has 0 saturated carbocycles. The number of aliphatic imine (C=N–C) groups is 1. The van der Waals surface area contributed by atoms with Crippen LogP contribution in [0.4, 0.5) is 5.69 Å². The number of thioether (sulfide) groups is 1. The third-order valence-electron chi connectivity index (χ3n) is 2.66. The van der Waals surface area contributed by atoms with Crippen LogP contribution in [0.15, 0.2) is 23.2 Å². The maximum atomic E-state index is 8.79. The first-order chi connectivity index (χ1) is 8.58. The summed E-state index contributed by atoms with van der Waals surface area (Å²) >= 11 is 7.84. The zero-order valence-electron chi connectivity index (χ0n) is 10.3. The van der Waals surface area contributed by atoms with Crippen LogP contribution in [0.5, 0.6) is 0 Å². The maximum Gasteiger partial charge on any atom is 0.161 e. The number of nitrogens with one attached hydrogen (secondary N) is 1. The number of nitrogens with zero attached hydrogens (tertiary/aromatic N) is 2. The molecule has 0 spiro atoms. The summed E-state index contributed by atoms with van der Waals surface area (Å²) in [6.07, 6.45) is 1.09. The lowest BCUT2D eigenvalue weighted by Crippen LogP contribution is -2.22. The van der Waals surface area contributed by atoms with Crippen LogP contribution >= 0.6 is 23.4 Å². The van der Waals surface area contributed by atoms with Gasteiger partial charge in [0.25, 0.3) is 0 Å². The van der Waals surface area contributed by atoms with Gasteiger partial charge in [-0.1, -0.05) is 30.3 Å². The lowest BCUT2D eigenvalue weighted by Gasteiger charge is -2.23. The summed E-state index contributed by atoms with van der Waals surface area (Å²) in [6.45, 7) is 4.30. The molecule has 0 aliphatic carbocycles. The largest absolute Gasteiger partial charge is 0.334 e. The van der Waals surface area contributed by atoms with E-state index in [-0.39, 0.29) is 0 Å². The van der Waals surface area contributed by atoms with E-state index < -0.39 is 0 Å². The van der Waals surface area contributed by atoms with Crippen molar-refractivity contribution in [1.29, 1.82) is 5.26 Å². The van der Waals surface area contributed by atoms with Gasteiger partial charge >= 0.3 is 0 Å². The number of amidine groups is 1. The molecule has 0 aromatic heterocycles. The first-order valence-corrected chi connectivity index (χ1v) is 7.05. The molecule has 2 unspecified atom stereocenters. The zero-order valence-corrected chi connectivity index (χ0v) is 11.8. The highest BCUT2D eigenvalue weighted by molar-refractivity contribution is 8.14. The van der Waals surface area contributed by atoms with E-state index in [2.05, 4.69) is 30.2 Å². The van der Waals surface area contributed by atoms with Crippen molar-refractivity contribution in [2.75, 3.05) is 5.32 Å². The van der Waals surface area contributed by atoms with Crippen LogP contribution in [0, 0.1) is 11.3 Å².